The molecular weight excluding hydrogens is 536 g/mol. The molecule has 36 heavy (non-hydrogen) atoms. The third kappa shape index (κ3) is 5.72. The van der Waals surface area contributed by atoms with Crippen LogP contribution in [-0.4, -0.2) is 14.3 Å². The van der Waals surface area contributed by atoms with Crippen LogP contribution in [0, 0.1) is 23.3 Å². The van der Waals surface area contributed by atoms with Crippen molar-refractivity contribution in [3.63, 3.8) is 0 Å². The molecule has 1 atom stereocenters. The number of sulfonamides is 1. The third-order valence-electron chi connectivity index (χ3n) is 4.82. The van der Waals surface area contributed by atoms with E-state index in [4.69, 9.17) is 0 Å². The van der Waals surface area contributed by atoms with Gasteiger partial charge in [0.2, 0.25) is 5.91 Å². The molecule has 0 saturated carbocycles. The second-order valence-electron chi connectivity index (χ2n) is 7.30. The van der Waals surface area contributed by atoms with E-state index in [1.165, 1.54) is 18.2 Å². The van der Waals surface area contributed by atoms with Crippen molar-refractivity contribution in [3.8, 4) is 0 Å². The summed E-state index contributed by atoms with van der Waals surface area (Å²) in [4.78, 5) is 13.5. The first-order chi connectivity index (χ1) is 17.2. The molecule has 0 aliphatic heterocycles. The molecule has 4 aromatic rings. The molecule has 0 bridgehead atoms. The summed E-state index contributed by atoms with van der Waals surface area (Å²) in [6, 6.07) is 17.5. The second kappa shape index (κ2) is 10.7. The fraction of sp³-hybridized carbons (Fsp3) is 0.0417. The molecule has 12 heteroatoms. The van der Waals surface area contributed by atoms with Crippen molar-refractivity contribution in [2.75, 3.05) is 10.0 Å². The zero-order valence-electron chi connectivity index (χ0n) is 18.0. The van der Waals surface area contributed by atoms with Gasteiger partial charge < -0.3 is 5.32 Å². The molecule has 1 heterocycles. The number of benzene rings is 3. The predicted octanol–water partition coefficient (Wildman–Crippen LogP) is 6.58. The number of carbonyl (C=O) groups excluding carboxylic acids is 1. The van der Waals surface area contributed by atoms with Crippen LogP contribution < -0.4 is 10.0 Å². The molecule has 5 nitrogen and oxygen atoms in total. The molecule has 1 unspecified atom stereocenters. The van der Waals surface area contributed by atoms with Crippen molar-refractivity contribution >= 4 is 50.4 Å². The molecule has 3 aromatic carbocycles. The average Bonchev–Trinajstić information content (AvgIpc) is 3.41. The highest BCUT2D eigenvalue weighted by Crippen LogP contribution is 2.37. The molecule has 0 saturated heterocycles. The van der Waals surface area contributed by atoms with E-state index in [1.807, 2.05) is 5.32 Å². The van der Waals surface area contributed by atoms with E-state index in [2.05, 4.69) is 4.72 Å². The Morgan fingerprint density at radius 2 is 1.50 bits per heavy atom. The zero-order chi connectivity index (χ0) is 25.9. The summed E-state index contributed by atoms with van der Waals surface area (Å²) < 4.78 is 82.8. The van der Waals surface area contributed by atoms with Crippen LogP contribution in [0.5, 0.6) is 0 Å². The summed E-state index contributed by atoms with van der Waals surface area (Å²) >= 11 is 2.06. The van der Waals surface area contributed by atoms with Gasteiger partial charge in [-0.2, -0.15) is 0 Å². The maximum Gasteiger partial charge on any atom is 0.271 e. The minimum absolute atomic E-state index is 0.0536. The summed E-state index contributed by atoms with van der Waals surface area (Å²) in [5.74, 6) is -7.65. The van der Waals surface area contributed by atoms with Crippen molar-refractivity contribution < 1.29 is 30.8 Å². The average molecular weight is 553 g/mol. The van der Waals surface area contributed by atoms with E-state index in [0.29, 0.717) is 10.5 Å². The number of thiophene rings is 1. The molecule has 2 N–H and O–H groups in total. The maximum atomic E-state index is 14.1. The lowest BCUT2D eigenvalue weighted by Crippen LogP contribution is -2.21. The van der Waals surface area contributed by atoms with Gasteiger partial charge in [-0.05, 0) is 41.3 Å². The quantitative estimate of drug-likeness (QED) is 0.147. The Kier molecular flexibility index (Phi) is 7.67. The van der Waals surface area contributed by atoms with Gasteiger partial charge in [-0.15, -0.1) is 23.1 Å². The van der Waals surface area contributed by atoms with Crippen molar-refractivity contribution in [2.45, 2.75) is 14.4 Å². The first-order valence-corrected chi connectivity index (χ1v) is 13.4. The zero-order valence-corrected chi connectivity index (χ0v) is 20.5. The molecule has 4 rings (SSSR count). The van der Waals surface area contributed by atoms with Crippen molar-refractivity contribution in [3.05, 3.63) is 107 Å². The van der Waals surface area contributed by atoms with Crippen molar-refractivity contribution in [1.82, 2.24) is 0 Å². The van der Waals surface area contributed by atoms with Gasteiger partial charge in [-0.1, -0.05) is 36.4 Å². The highest BCUT2D eigenvalue weighted by Gasteiger charge is 2.27. The number of thioether (sulfide) groups is 1. The van der Waals surface area contributed by atoms with Crippen LogP contribution in [-0.2, 0) is 14.8 Å². The summed E-state index contributed by atoms with van der Waals surface area (Å²) in [5, 5.41) is 2.53. The molecule has 0 fully saturated rings. The highest BCUT2D eigenvalue weighted by atomic mass is 32.2. The van der Waals surface area contributed by atoms with Gasteiger partial charge in [0.25, 0.3) is 10.0 Å². The van der Waals surface area contributed by atoms with Crippen molar-refractivity contribution in [1.29, 1.82) is 0 Å². The number of hydrogen-bond donors (Lipinski definition) is 2. The van der Waals surface area contributed by atoms with Gasteiger partial charge >= 0.3 is 0 Å². The monoisotopic (exact) mass is 552 g/mol. The largest absolute Gasteiger partial charge is 0.320 e. The fourth-order valence-electron chi connectivity index (χ4n) is 3.13. The van der Waals surface area contributed by atoms with Gasteiger partial charge in [0.05, 0.1) is 0 Å². The highest BCUT2D eigenvalue weighted by molar-refractivity contribution is 8.00. The van der Waals surface area contributed by atoms with E-state index in [1.54, 1.807) is 53.9 Å². The molecule has 1 amide bonds. The first kappa shape index (κ1) is 25.7. The lowest BCUT2D eigenvalue weighted by Gasteiger charge is -2.18. The molecule has 1 aromatic heterocycles. The van der Waals surface area contributed by atoms with Gasteiger partial charge in [0.15, 0.2) is 23.3 Å². The topological polar surface area (TPSA) is 75.3 Å². The number of rotatable bonds is 8. The van der Waals surface area contributed by atoms with Crippen LogP contribution in [0.25, 0.3) is 0 Å². The Morgan fingerprint density at radius 1 is 0.861 bits per heavy atom. The van der Waals surface area contributed by atoms with Crippen LogP contribution in [0.4, 0.5) is 28.9 Å². The predicted molar refractivity (Wildman–Crippen MR) is 132 cm³/mol. The molecule has 186 valence electrons. The Balaban J connectivity index is 1.57. The van der Waals surface area contributed by atoms with Gasteiger partial charge in [0, 0.05) is 16.6 Å². The molecule has 0 aliphatic carbocycles. The molecule has 0 radical (unpaired) electrons. The summed E-state index contributed by atoms with van der Waals surface area (Å²) in [5.41, 5.74) is -0.481. The van der Waals surface area contributed by atoms with E-state index in [-0.39, 0.29) is 16.0 Å². The number of hydrogen-bond acceptors (Lipinski definition) is 5. The number of anilines is 2. The van der Waals surface area contributed by atoms with E-state index >= 15 is 0 Å². The minimum atomic E-state index is -3.75. The van der Waals surface area contributed by atoms with E-state index in [9.17, 15) is 30.8 Å². The Bertz CT molecular complexity index is 1460. The number of halogens is 4. The lowest BCUT2D eigenvalue weighted by atomic mass is 10.1. The van der Waals surface area contributed by atoms with Crippen LogP contribution >= 0.6 is 23.1 Å². The molecular formula is C24H16F4N2O3S3. The smallest absolute Gasteiger partial charge is 0.271 e. The number of amides is 1. The van der Waals surface area contributed by atoms with Gasteiger partial charge in [-0.25, -0.2) is 26.0 Å². The summed E-state index contributed by atoms with van der Waals surface area (Å²) in [6.07, 6.45) is 0. The summed E-state index contributed by atoms with van der Waals surface area (Å²) in [7, 11) is -3.75. The molecule has 0 aliphatic rings. The first-order valence-electron chi connectivity index (χ1n) is 10.2. The third-order valence-corrected chi connectivity index (χ3v) is 8.87. The van der Waals surface area contributed by atoms with E-state index in [0.717, 1.165) is 23.1 Å². The summed E-state index contributed by atoms with van der Waals surface area (Å²) in [6.45, 7) is 0. The minimum Gasteiger partial charge on any atom is -0.320 e. The lowest BCUT2D eigenvalue weighted by molar-refractivity contribution is -0.115. The fourth-order valence-corrected chi connectivity index (χ4v) is 6.21. The number of carbonyl (C=O) groups is 1. The SMILES string of the molecule is O=C(Nc1c(F)c(F)cc(F)c1F)C(Sc1ccc(NS(=O)(=O)c2cccs2)cc1)c1ccccc1. The van der Waals surface area contributed by atoms with Crippen LogP contribution in [0.2, 0.25) is 0 Å². The maximum absolute atomic E-state index is 14.1. The Morgan fingerprint density at radius 3 is 2.08 bits per heavy atom. The van der Waals surface area contributed by atoms with E-state index < -0.39 is 50.1 Å². The van der Waals surface area contributed by atoms with Crippen molar-refractivity contribution in [2.24, 2.45) is 0 Å². The van der Waals surface area contributed by atoms with Crippen LogP contribution in [0.1, 0.15) is 10.8 Å². The normalized spacial score (nSPS) is 12.2. The second-order valence-corrected chi connectivity index (χ2v) is 11.3. The molecule has 0 spiro atoms. The number of nitrogens with one attached hydrogen (secondary N) is 2. The van der Waals surface area contributed by atoms with Crippen LogP contribution in [0.15, 0.2) is 87.3 Å². The van der Waals surface area contributed by atoms with Crippen LogP contribution in [0.3, 0.4) is 0 Å². The van der Waals surface area contributed by atoms with Gasteiger partial charge in [0.1, 0.15) is 15.1 Å². The Hall–Kier alpha value is -3.35. The van der Waals surface area contributed by atoms with Gasteiger partial charge in [-0.3, -0.25) is 9.52 Å². The Labute approximate surface area is 212 Å². The standard InChI is InChI=1S/C24H16F4N2O3S3/c25-17-13-18(26)21(28)22(20(17)27)29-24(31)23(14-5-2-1-3-6-14)35-16-10-8-15(9-11-16)30-36(32,33)19-7-4-12-34-19/h1-13,23,30H,(H,29,31).